The van der Waals surface area contributed by atoms with E-state index in [1.54, 1.807) is 0 Å². The highest BCUT2D eigenvalue weighted by atomic mass is 35.5. The third-order valence-corrected chi connectivity index (χ3v) is 2.36. The Hall–Kier alpha value is 0.0300. The second kappa shape index (κ2) is 2.02. The zero-order valence-corrected chi connectivity index (χ0v) is 6.12. The first-order valence-electron chi connectivity index (χ1n) is 3.65. The number of allylic oxidation sites excluding steroid dienone is 1. The van der Waals surface area contributed by atoms with Crippen LogP contribution in [-0.4, -0.2) is 0 Å². The quantitative estimate of drug-likeness (QED) is 0.555. The Morgan fingerprint density at radius 2 is 1.56 bits per heavy atom. The first-order valence-corrected chi connectivity index (χ1v) is 4.03. The highest BCUT2D eigenvalue weighted by Gasteiger charge is 2.36. The van der Waals surface area contributed by atoms with E-state index >= 15 is 0 Å². The zero-order chi connectivity index (χ0) is 6.27. The van der Waals surface area contributed by atoms with Gasteiger partial charge in [0.2, 0.25) is 0 Å². The number of hydrogen-bond acceptors (Lipinski definition) is 0. The second-order valence-electron chi connectivity index (χ2n) is 3.10. The molecule has 0 aromatic rings. The second-order valence-corrected chi connectivity index (χ2v) is 3.29. The van der Waals surface area contributed by atoms with Crippen LogP contribution in [-0.2, 0) is 0 Å². The average Bonchev–Trinajstić information content (AvgIpc) is 2.61. The van der Waals surface area contributed by atoms with Crippen LogP contribution < -0.4 is 0 Å². The molecule has 0 amide bonds. The molecule has 2 aliphatic rings. The van der Waals surface area contributed by atoms with Crippen molar-refractivity contribution in [2.24, 2.45) is 11.8 Å². The fraction of sp³-hybridized carbons (Fsp3) is 0.750. The van der Waals surface area contributed by atoms with Crippen LogP contribution in [0.15, 0.2) is 5.57 Å². The lowest BCUT2D eigenvalue weighted by Gasteiger charge is -1.96. The molecule has 0 spiro atoms. The predicted molar refractivity (Wildman–Crippen MR) is 38.1 cm³/mol. The van der Waals surface area contributed by atoms with E-state index in [0.717, 1.165) is 11.8 Å². The number of hydrogen-bond donors (Lipinski definition) is 0. The maximum Gasteiger partial charge on any atom is 0.0589 e. The molecule has 9 heavy (non-hydrogen) atoms. The Morgan fingerprint density at radius 3 is 1.78 bits per heavy atom. The van der Waals surface area contributed by atoms with Gasteiger partial charge in [-0.1, -0.05) is 11.6 Å². The Labute approximate surface area is 60.9 Å². The van der Waals surface area contributed by atoms with Gasteiger partial charge in [0.25, 0.3) is 0 Å². The Kier molecular flexibility index (Phi) is 1.30. The van der Waals surface area contributed by atoms with E-state index in [9.17, 15) is 0 Å². The largest absolute Gasteiger partial charge is 0.0827 e. The molecule has 0 unspecified atom stereocenters. The number of halogens is 1. The molecule has 0 aliphatic heterocycles. The van der Waals surface area contributed by atoms with E-state index < -0.39 is 0 Å². The van der Waals surface area contributed by atoms with Crippen LogP contribution in [0.3, 0.4) is 0 Å². The zero-order valence-electron chi connectivity index (χ0n) is 5.36. The van der Waals surface area contributed by atoms with Gasteiger partial charge in [0.05, 0.1) is 5.54 Å². The van der Waals surface area contributed by atoms with Gasteiger partial charge >= 0.3 is 0 Å². The molecule has 49 valence electrons. The SMILES string of the molecule is Cl[C]=C(C1CC1)C1CC1. The van der Waals surface area contributed by atoms with Crippen LogP contribution in [0.25, 0.3) is 0 Å². The van der Waals surface area contributed by atoms with E-state index in [1.165, 1.54) is 31.3 Å². The van der Waals surface area contributed by atoms with E-state index in [0.29, 0.717) is 0 Å². The molecule has 0 aromatic carbocycles. The summed E-state index contributed by atoms with van der Waals surface area (Å²) in [4.78, 5) is 0. The lowest BCUT2D eigenvalue weighted by molar-refractivity contribution is 0.856. The van der Waals surface area contributed by atoms with E-state index in [4.69, 9.17) is 11.6 Å². The molecule has 1 radical (unpaired) electrons. The van der Waals surface area contributed by atoms with Crippen molar-refractivity contribution in [3.05, 3.63) is 11.1 Å². The highest BCUT2D eigenvalue weighted by molar-refractivity contribution is 6.22. The molecule has 0 bridgehead atoms. The first kappa shape index (κ1) is 5.79. The molecular weight excluding hydrogens is 132 g/mol. The topological polar surface area (TPSA) is 0 Å². The molecule has 0 saturated heterocycles. The molecule has 0 nitrogen and oxygen atoms in total. The van der Waals surface area contributed by atoms with Crippen molar-refractivity contribution in [1.82, 2.24) is 0 Å². The van der Waals surface area contributed by atoms with Gasteiger partial charge in [-0.05, 0) is 43.1 Å². The summed E-state index contributed by atoms with van der Waals surface area (Å²) in [5, 5.41) is 0. The summed E-state index contributed by atoms with van der Waals surface area (Å²) in [5.74, 6) is 1.69. The Morgan fingerprint density at radius 1 is 1.11 bits per heavy atom. The van der Waals surface area contributed by atoms with Gasteiger partial charge < -0.3 is 0 Å². The van der Waals surface area contributed by atoms with Crippen LogP contribution in [0.2, 0.25) is 0 Å². The highest BCUT2D eigenvalue weighted by Crippen LogP contribution is 2.48. The van der Waals surface area contributed by atoms with Gasteiger partial charge in [-0.2, -0.15) is 0 Å². The molecule has 0 atom stereocenters. The van der Waals surface area contributed by atoms with Crippen LogP contribution in [0.1, 0.15) is 25.7 Å². The van der Waals surface area contributed by atoms with Gasteiger partial charge in [0.1, 0.15) is 0 Å². The van der Waals surface area contributed by atoms with Gasteiger partial charge in [0, 0.05) is 0 Å². The molecule has 2 fully saturated rings. The van der Waals surface area contributed by atoms with Crippen LogP contribution >= 0.6 is 11.6 Å². The predicted octanol–water partition coefficient (Wildman–Crippen LogP) is 2.73. The monoisotopic (exact) mass is 141 g/mol. The van der Waals surface area contributed by atoms with E-state index in [1.807, 2.05) is 0 Å². The Balaban J connectivity index is 2.01. The number of rotatable bonds is 2. The van der Waals surface area contributed by atoms with Crippen molar-refractivity contribution < 1.29 is 0 Å². The molecule has 0 heterocycles. The van der Waals surface area contributed by atoms with Crippen molar-refractivity contribution in [3.8, 4) is 0 Å². The standard InChI is InChI=1S/C8H10Cl/c9-5-8(6-1-2-6)7-3-4-7/h6-7H,1-4H2. The lowest BCUT2D eigenvalue weighted by Crippen LogP contribution is -1.85. The minimum Gasteiger partial charge on any atom is -0.0827 e. The Bertz CT molecular complexity index is 127. The van der Waals surface area contributed by atoms with Gasteiger partial charge in [-0.25, -0.2) is 0 Å². The smallest absolute Gasteiger partial charge is 0.0589 e. The molecule has 2 aliphatic carbocycles. The first-order chi connectivity index (χ1) is 4.42. The fourth-order valence-electron chi connectivity index (χ4n) is 1.28. The summed E-state index contributed by atoms with van der Waals surface area (Å²) < 4.78 is 0. The summed E-state index contributed by atoms with van der Waals surface area (Å²) in [7, 11) is 0. The minimum absolute atomic E-state index is 0.843. The van der Waals surface area contributed by atoms with Crippen molar-refractivity contribution in [1.29, 1.82) is 0 Å². The van der Waals surface area contributed by atoms with E-state index in [-0.39, 0.29) is 0 Å². The molecule has 0 aromatic heterocycles. The maximum atomic E-state index is 5.55. The molecule has 2 saturated carbocycles. The molecule has 1 heteroatoms. The van der Waals surface area contributed by atoms with Crippen molar-refractivity contribution in [3.63, 3.8) is 0 Å². The summed E-state index contributed by atoms with van der Waals surface area (Å²) in [6.07, 6.45) is 5.47. The fourth-order valence-corrected chi connectivity index (χ4v) is 1.58. The summed E-state index contributed by atoms with van der Waals surface area (Å²) in [6, 6.07) is 0. The molecule has 2 rings (SSSR count). The van der Waals surface area contributed by atoms with Crippen LogP contribution in [0.4, 0.5) is 0 Å². The third-order valence-electron chi connectivity index (χ3n) is 2.14. The summed E-state index contributed by atoms with van der Waals surface area (Å²) in [5.41, 5.74) is 4.24. The normalized spacial score (nSPS) is 25.9. The van der Waals surface area contributed by atoms with Crippen molar-refractivity contribution in [2.75, 3.05) is 0 Å². The molecular formula is C8H10Cl. The van der Waals surface area contributed by atoms with Crippen molar-refractivity contribution >= 4 is 11.6 Å². The van der Waals surface area contributed by atoms with Gasteiger partial charge in [-0.15, -0.1) is 0 Å². The van der Waals surface area contributed by atoms with E-state index in [2.05, 4.69) is 5.54 Å². The lowest BCUT2D eigenvalue weighted by atomic mass is 10.1. The maximum absolute atomic E-state index is 5.55. The summed E-state index contributed by atoms with van der Waals surface area (Å²) >= 11 is 5.55. The van der Waals surface area contributed by atoms with Crippen LogP contribution in [0, 0.1) is 17.4 Å². The molecule has 0 N–H and O–H groups in total. The van der Waals surface area contributed by atoms with Gasteiger partial charge in [-0.3, -0.25) is 0 Å². The van der Waals surface area contributed by atoms with Crippen molar-refractivity contribution in [2.45, 2.75) is 25.7 Å². The average molecular weight is 142 g/mol. The minimum atomic E-state index is 0.843. The third kappa shape index (κ3) is 1.14. The van der Waals surface area contributed by atoms with Gasteiger partial charge in [0.15, 0.2) is 0 Å². The van der Waals surface area contributed by atoms with Crippen LogP contribution in [0.5, 0.6) is 0 Å². The summed E-state index contributed by atoms with van der Waals surface area (Å²) in [6.45, 7) is 0.